The van der Waals surface area contributed by atoms with E-state index in [9.17, 15) is 4.79 Å². The molecule has 1 amide bonds. The second kappa shape index (κ2) is 5.92. The lowest BCUT2D eigenvalue weighted by Gasteiger charge is -2.11. The topological polar surface area (TPSA) is 34.0 Å². The standard InChI is InChI=1S/C20H20N2O/c23-19-12-6-11-18-20(21-19)16-9-4-5-10-17(16)22(18)14-13-15-7-2-1-3-8-15/h1-5,7-10H,6,11-14H2,(H,21,23). The van der Waals surface area contributed by atoms with Crippen molar-refractivity contribution in [1.82, 2.24) is 4.57 Å². The number of fused-ring (bicyclic) bond motifs is 3. The summed E-state index contributed by atoms with van der Waals surface area (Å²) in [6, 6.07) is 19.0. The van der Waals surface area contributed by atoms with Crippen molar-refractivity contribution in [2.45, 2.75) is 32.2 Å². The molecule has 0 saturated heterocycles. The Balaban J connectivity index is 1.76. The Morgan fingerprint density at radius 2 is 1.74 bits per heavy atom. The summed E-state index contributed by atoms with van der Waals surface area (Å²) in [6.45, 7) is 0.940. The summed E-state index contributed by atoms with van der Waals surface area (Å²) in [5, 5.41) is 4.28. The van der Waals surface area contributed by atoms with E-state index in [1.54, 1.807) is 0 Å². The van der Waals surface area contributed by atoms with E-state index >= 15 is 0 Å². The van der Waals surface area contributed by atoms with Crippen LogP contribution in [-0.2, 0) is 24.2 Å². The van der Waals surface area contributed by atoms with Crippen LogP contribution in [0.15, 0.2) is 54.6 Å². The van der Waals surface area contributed by atoms with Crippen molar-refractivity contribution in [3.8, 4) is 0 Å². The summed E-state index contributed by atoms with van der Waals surface area (Å²) < 4.78 is 2.39. The third-order valence-electron chi connectivity index (χ3n) is 4.63. The van der Waals surface area contributed by atoms with Crippen LogP contribution in [-0.4, -0.2) is 10.5 Å². The summed E-state index contributed by atoms with van der Waals surface area (Å²) in [6.07, 6.45) is 3.49. The first-order valence-electron chi connectivity index (χ1n) is 8.27. The fourth-order valence-corrected chi connectivity index (χ4v) is 3.51. The van der Waals surface area contributed by atoms with Crippen molar-refractivity contribution in [3.05, 3.63) is 65.9 Å². The highest BCUT2D eigenvalue weighted by atomic mass is 16.1. The molecule has 0 radical (unpaired) electrons. The van der Waals surface area contributed by atoms with Gasteiger partial charge in [0.2, 0.25) is 5.91 Å². The molecular formula is C20H20N2O. The fraction of sp³-hybridized carbons (Fsp3) is 0.250. The number of anilines is 1. The maximum atomic E-state index is 12.0. The van der Waals surface area contributed by atoms with Gasteiger partial charge in [-0.3, -0.25) is 4.79 Å². The zero-order valence-corrected chi connectivity index (χ0v) is 13.1. The molecule has 1 aliphatic rings. The predicted octanol–water partition coefficient (Wildman–Crippen LogP) is 4.16. The second-order valence-electron chi connectivity index (χ2n) is 6.13. The summed E-state index contributed by atoms with van der Waals surface area (Å²) in [5.41, 5.74) is 4.86. The zero-order valence-electron chi connectivity index (χ0n) is 13.1. The van der Waals surface area contributed by atoms with Crippen molar-refractivity contribution >= 4 is 22.5 Å². The number of amides is 1. The van der Waals surface area contributed by atoms with Gasteiger partial charge in [0.05, 0.1) is 11.2 Å². The number of benzene rings is 2. The van der Waals surface area contributed by atoms with Gasteiger partial charge in [-0.25, -0.2) is 0 Å². The third kappa shape index (κ3) is 2.63. The minimum atomic E-state index is 0.134. The summed E-state index contributed by atoms with van der Waals surface area (Å²) in [5.74, 6) is 0.134. The van der Waals surface area contributed by atoms with E-state index in [0.29, 0.717) is 6.42 Å². The highest BCUT2D eigenvalue weighted by Crippen LogP contribution is 2.34. The minimum Gasteiger partial charge on any atom is -0.342 e. The van der Waals surface area contributed by atoms with Gasteiger partial charge in [-0.2, -0.15) is 0 Å². The van der Waals surface area contributed by atoms with Crippen molar-refractivity contribution < 1.29 is 4.79 Å². The number of para-hydroxylation sites is 1. The van der Waals surface area contributed by atoms with E-state index in [0.717, 1.165) is 36.9 Å². The quantitative estimate of drug-likeness (QED) is 0.774. The van der Waals surface area contributed by atoms with Gasteiger partial charge in [-0.15, -0.1) is 0 Å². The normalized spacial score (nSPS) is 14.3. The molecule has 2 heterocycles. The van der Waals surface area contributed by atoms with Crippen LogP contribution in [0.4, 0.5) is 5.69 Å². The summed E-state index contributed by atoms with van der Waals surface area (Å²) in [7, 11) is 0. The van der Waals surface area contributed by atoms with Gasteiger partial charge < -0.3 is 9.88 Å². The first-order valence-corrected chi connectivity index (χ1v) is 8.27. The van der Waals surface area contributed by atoms with Crippen LogP contribution < -0.4 is 5.32 Å². The molecule has 1 aromatic heterocycles. The molecule has 0 fully saturated rings. The first-order chi connectivity index (χ1) is 11.3. The van der Waals surface area contributed by atoms with Crippen LogP contribution in [0.25, 0.3) is 10.9 Å². The van der Waals surface area contributed by atoms with E-state index in [1.807, 2.05) is 6.07 Å². The van der Waals surface area contributed by atoms with Gasteiger partial charge in [-0.05, 0) is 30.9 Å². The molecule has 0 atom stereocenters. The van der Waals surface area contributed by atoms with Crippen LogP contribution in [0.3, 0.4) is 0 Å². The second-order valence-corrected chi connectivity index (χ2v) is 6.13. The Labute approximate surface area is 135 Å². The SMILES string of the molecule is O=C1CCCc2c(c3ccccc3n2CCc2ccccc2)N1. The van der Waals surface area contributed by atoms with Gasteiger partial charge in [0.1, 0.15) is 0 Å². The largest absolute Gasteiger partial charge is 0.342 e. The average molecular weight is 304 g/mol. The molecule has 4 rings (SSSR count). The van der Waals surface area contributed by atoms with Gasteiger partial charge in [0, 0.05) is 24.0 Å². The molecule has 3 nitrogen and oxygen atoms in total. The van der Waals surface area contributed by atoms with Crippen molar-refractivity contribution in [3.63, 3.8) is 0 Å². The number of nitrogens with zero attached hydrogens (tertiary/aromatic N) is 1. The molecule has 0 aliphatic carbocycles. The molecule has 0 spiro atoms. The number of rotatable bonds is 3. The molecule has 1 N–H and O–H groups in total. The number of aryl methyl sites for hydroxylation is 2. The minimum absolute atomic E-state index is 0.134. The van der Waals surface area contributed by atoms with Crippen LogP contribution in [0.5, 0.6) is 0 Å². The van der Waals surface area contributed by atoms with Crippen LogP contribution in [0.1, 0.15) is 24.1 Å². The van der Waals surface area contributed by atoms with E-state index in [2.05, 4.69) is 58.4 Å². The lowest BCUT2D eigenvalue weighted by molar-refractivity contribution is -0.116. The first kappa shape index (κ1) is 14.1. The zero-order chi connectivity index (χ0) is 15.6. The molecule has 116 valence electrons. The Morgan fingerprint density at radius 1 is 0.957 bits per heavy atom. The van der Waals surface area contributed by atoms with Gasteiger partial charge in [-0.1, -0.05) is 48.5 Å². The average Bonchev–Trinajstić information content (AvgIpc) is 2.73. The third-order valence-corrected chi connectivity index (χ3v) is 4.63. The van der Waals surface area contributed by atoms with Crippen LogP contribution in [0, 0.1) is 0 Å². The van der Waals surface area contributed by atoms with Crippen LogP contribution in [0.2, 0.25) is 0 Å². The Morgan fingerprint density at radius 3 is 2.61 bits per heavy atom. The molecule has 23 heavy (non-hydrogen) atoms. The lowest BCUT2D eigenvalue weighted by atomic mass is 10.1. The monoisotopic (exact) mass is 304 g/mol. The number of carbonyl (C=O) groups excluding carboxylic acids is 1. The number of carbonyl (C=O) groups is 1. The smallest absolute Gasteiger partial charge is 0.224 e. The van der Waals surface area contributed by atoms with E-state index in [-0.39, 0.29) is 5.91 Å². The Bertz CT molecular complexity index is 849. The maximum absolute atomic E-state index is 12.0. The van der Waals surface area contributed by atoms with E-state index in [4.69, 9.17) is 0 Å². The molecule has 0 unspecified atom stereocenters. The van der Waals surface area contributed by atoms with Crippen molar-refractivity contribution in [2.24, 2.45) is 0 Å². The van der Waals surface area contributed by atoms with Crippen molar-refractivity contribution in [1.29, 1.82) is 0 Å². The number of hydrogen-bond donors (Lipinski definition) is 1. The van der Waals surface area contributed by atoms with Gasteiger partial charge >= 0.3 is 0 Å². The molecule has 0 bridgehead atoms. The lowest BCUT2D eigenvalue weighted by Crippen LogP contribution is -2.09. The maximum Gasteiger partial charge on any atom is 0.224 e. The fourth-order valence-electron chi connectivity index (χ4n) is 3.51. The molecule has 1 aliphatic heterocycles. The Hall–Kier alpha value is -2.55. The van der Waals surface area contributed by atoms with Gasteiger partial charge in [0.25, 0.3) is 0 Å². The number of hydrogen-bond acceptors (Lipinski definition) is 1. The highest BCUT2D eigenvalue weighted by molar-refractivity contribution is 6.04. The molecule has 0 saturated carbocycles. The predicted molar refractivity (Wildman–Crippen MR) is 93.7 cm³/mol. The number of nitrogens with one attached hydrogen (secondary N) is 1. The Kier molecular flexibility index (Phi) is 3.62. The molecule has 3 heteroatoms. The summed E-state index contributed by atoms with van der Waals surface area (Å²) >= 11 is 0. The highest BCUT2D eigenvalue weighted by Gasteiger charge is 2.21. The van der Waals surface area contributed by atoms with E-state index < -0.39 is 0 Å². The molecular weight excluding hydrogens is 284 g/mol. The van der Waals surface area contributed by atoms with Gasteiger partial charge in [0.15, 0.2) is 0 Å². The van der Waals surface area contributed by atoms with E-state index in [1.165, 1.54) is 16.8 Å². The molecule has 3 aromatic rings. The van der Waals surface area contributed by atoms with Crippen LogP contribution >= 0.6 is 0 Å². The summed E-state index contributed by atoms with van der Waals surface area (Å²) in [4.78, 5) is 12.0. The number of aromatic nitrogens is 1. The van der Waals surface area contributed by atoms with Crippen molar-refractivity contribution in [2.75, 3.05) is 5.32 Å². The molecule has 2 aromatic carbocycles.